The van der Waals surface area contributed by atoms with Crippen LogP contribution < -0.4 is 4.90 Å². The predicted molar refractivity (Wildman–Crippen MR) is 143 cm³/mol. The number of halogens is 3. The number of carbonyl (C=O) groups is 2. The molecule has 39 heavy (non-hydrogen) atoms. The number of carboxylic acid groups (broad SMARTS) is 1. The summed E-state index contributed by atoms with van der Waals surface area (Å²) in [6, 6.07) is 6.14. The standard InChI is InChI=1S/C28H31ClF2N4O4/c1-27(2,3)35-15-18(24(32-35)20-12-23(31)21(29)13-22(20)30)14-33-10-8-28(9-11-33)16-34(26(38)39-28)19-6-4-17(5-7-19)25(36)37/h4-7,12-13,15,21,23H,8-11,14,16H2,1-3H3,(H,36,37). The topological polar surface area (TPSA) is 87.9 Å². The summed E-state index contributed by atoms with van der Waals surface area (Å²) >= 11 is 5.89. The number of hydrogen-bond donors (Lipinski definition) is 1. The van der Waals surface area contributed by atoms with E-state index in [1.807, 2.05) is 27.0 Å². The molecule has 1 amide bonds. The Morgan fingerprint density at radius 3 is 2.49 bits per heavy atom. The van der Waals surface area contributed by atoms with Crippen LogP contribution in [0.25, 0.3) is 5.57 Å². The lowest BCUT2D eigenvalue weighted by atomic mass is 9.90. The van der Waals surface area contributed by atoms with E-state index >= 15 is 0 Å². The summed E-state index contributed by atoms with van der Waals surface area (Å²) < 4.78 is 36.9. The van der Waals surface area contributed by atoms with Crippen LogP contribution >= 0.6 is 11.6 Å². The highest BCUT2D eigenvalue weighted by molar-refractivity contribution is 6.22. The zero-order valence-electron chi connectivity index (χ0n) is 22.0. The summed E-state index contributed by atoms with van der Waals surface area (Å²) in [4.78, 5) is 27.6. The van der Waals surface area contributed by atoms with Gasteiger partial charge in [-0.3, -0.25) is 14.5 Å². The number of amides is 1. The third-order valence-electron chi connectivity index (χ3n) is 7.48. The zero-order chi connectivity index (χ0) is 28.1. The van der Waals surface area contributed by atoms with Gasteiger partial charge in [-0.2, -0.15) is 5.10 Å². The molecule has 8 nitrogen and oxygen atoms in total. The van der Waals surface area contributed by atoms with Crippen molar-refractivity contribution in [3.8, 4) is 0 Å². The number of rotatable bonds is 5. The van der Waals surface area contributed by atoms with E-state index < -0.39 is 35.0 Å². The Morgan fingerprint density at radius 2 is 1.87 bits per heavy atom. The van der Waals surface area contributed by atoms with Crippen LogP contribution in [0.5, 0.6) is 0 Å². The first-order chi connectivity index (χ1) is 18.3. The number of nitrogens with zero attached hydrogens (tertiary/aromatic N) is 4. The number of aromatic carboxylic acids is 1. The largest absolute Gasteiger partial charge is 0.478 e. The van der Waals surface area contributed by atoms with Crippen molar-refractivity contribution in [2.45, 2.75) is 62.8 Å². The molecule has 5 rings (SSSR count). The molecule has 11 heteroatoms. The first-order valence-electron chi connectivity index (χ1n) is 12.9. The maximum atomic E-state index is 14.9. The number of likely N-dealkylation sites (tertiary alicyclic amines) is 1. The van der Waals surface area contributed by atoms with Gasteiger partial charge >= 0.3 is 12.1 Å². The molecule has 1 aliphatic carbocycles. The number of ether oxygens (including phenoxy) is 1. The molecule has 208 valence electrons. The molecule has 1 aromatic carbocycles. The van der Waals surface area contributed by atoms with Gasteiger partial charge in [-0.1, -0.05) is 0 Å². The number of allylic oxidation sites excluding steroid dienone is 4. The minimum atomic E-state index is -1.51. The van der Waals surface area contributed by atoms with Crippen LogP contribution in [-0.4, -0.2) is 68.6 Å². The predicted octanol–water partition coefficient (Wildman–Crippen LogP) is 5.52. The molecule has 2 unspecified atom stereocenters. The Hall–Kier alpha value is -3.24. The summed E-state index contributed by atoms with van der Waals surface area (Å²) in [5, 5.41) is 12.7. The lowest BCUT2D eigenvalue weighted by molar-refractivity contribution is -0.000998. The average Bonchev–Trinajstić information content (AvgIpc) is 3.44. The van der Waals surface area contributed by atoms with E-state index in [1.165, 1.54) is 23.1 Å². The Labute approximate surface area is 230 Å². The first kappa shape index (κ1) is 27.3. The quantitative estimate of drug-likeness (QED) is 0.484. The number of anilines is 1. The highest BCUT2D eigenvalue weighted by atomic mass is 35.5. The Kier molecular flexibility index (Phi) is 7.05. The van der Waals surface area contributed by atoms with Gasteiger partial charge in [-0.15, -0.1) is 11.6 Å². The van der Waals surface area contributed by atoms with Crippen molar-refractivity contribution in [3.05, 3.63) is 65.3 Å². The molecule has 2 fully saturated rings. The van der Waals surface area contributed by atoms with Gasteiger partial charge in [-0.05, 0) is 57.2 Å². The number of benzene rings is 1. The second-order valence-corrected chi connectivity index (χ2v) is 11.9. The van der Waals surface area contributed by atoms with E-state index in [0.29, 0.717) is 50.4 Å². The van der Waals surface area contributed by atoms with Gasteiger partial charge in [-0.25, -0.2) is 18.4 Å². The van der Waals surface area contributed by atoms with E-state index in [-0.39, 0.29) is 16.7 Å². The molecular weight excluding hydrogens is 530 g/mol. The zero-order valence-corrected chi connectivity index (χ0v) is 22.8. The fourth-order valence-corrected chi connectivity index (χ4v) is 5.35. The minimum absolute atomic E-state index is 0.111. The fraction of sp³-hybridized carbons (Fsp3) is 0.464. The fourth-order valence-electron chi connectivity index (χ4n) is 5.17. The van der Waals surface area contributed by atoms with Crippen LogP contribution in [-0.2, 0) is 16.8 Å². The Morgan fingerprint density at radius 1 is 1.21 bits per heavy atom. The number of piperidine rings is 1. The van der Waals surface area contributed by atoms with E-state index in [1.54, 1.807) is 16.8 Å². The molecule has 3 aliphatic rings. The lowest BCUT2D eigenvalue weighted by Crippen LogP contribution is -2.46. The summed E-state index contributed by atoms with van der Waals surface area (Å²) in [5.74, 6) is -1.62. The third-order valence-corrected chi connectivity index (χ3v) is 7.85. The second kappa shape index (κ2) is 10.1. The van der Waals surface area contributed by atoms with Crippen molar-refractivity contribution in [2.75, 3.05) is 24.5 Å². The van der Waals surface area contributed by atoms with Gasteiger partial charge in [0.2, 0.25) is 0 Å². The highest BCUT2D eigenvalue weighted by Crippen LogP contribution is 2.38. The normalized spacial score (nSPS) is 23.5. The summed E-state index contributed by atoms with van der Waals surface area (Å²) in [7, 11) is 0. The van der Waals surface area contributed by atoms with Crippen molar-refractivity contribution in [3.63, 3.8) is 0 Å². The molecule has 1 spiro atoms. The molecule has 0 bridgehead atoms. The lowest BCUT2D eigenvalue weighted by Gasteiger charge is -2.37. The Balaban J connectivity index is 1.30. The molecule has 0 radical (unpaired) electrons. The van der Waals surface area contributed by atoms with Gasteiger partial charge in [0.25, 0.3) is 0 Å². The van der Waals surface area contributed by atoms with Gasteiger partial charge in [0.05, 0.1) is 28.7 Å². The van der Waals surface area contributed by atoms with E-state index in [2.05, 4.69) is 10.00 Å². The molecule has 1 N–H and O–H groups in total. The Bertz CT molecular complexity index is 1340. The SMILES string of the molecule is CC(C)(C)n1cc(CN2CCC3(CC2)CN(c2ccc(C(=O)O)cc2)C(=O)O3)c(C2=CC(F)C(Cl)C=C2F)n1. The van der Waals surface area contributed by atoms with Crippen LogP contribution in [0.3, 0.4) is 0 Å². The van der Waals surface area contributed by atoms with Crippen molar-refractivity contribution in [2.24, 2.45) is 0 Å². The van der Waals surface area contributed by atoms with Gasteiger partial charge < -0.3 is 9.84 Å². The van der Waals surface area contributed by atoms with Crippen LogP contribution in [0.2, 0.25) is 0 Å². The molecule has 1 aromatic heterocycles. The highest BCUT2D eigenvalue weighted by Gasteiger charge is 2.47. The molecule has 2 aliphatic heterocycles. The summed E-state index contributed by atoms with van der Waals surface area (Å²) in [5.41, 5.74) is 1.02. The molecule has 2 aromatic rings. The molecule has 0 saturated carbocycles. The monoisotopic (exact) mass is 560 g/mol. The first-order valence-corrected chi connectivity index (χ1v) is 13.3. The van der Waals surface area contributed by atoms with Gasteiger partial charge in [0.1, 0.15) is 17.6 Å². The number of hydrogen-bond acceptors (Lipinski definition) is 5. The molecule has 3 heterocycles. The van der Waals surface area contributed by atoms with Crippen molar-refractivity contribution in [1.29, 1.82) is 0 Å². The maximum Gasteiger partial charge on any atom is 0.415 e. The number of carboxylic acids is 1. The summed E-state index contributed by atoms with van der Waals surface area (Å²) in [6.07, 6.45) is 3.40. The van der Waals surface area contributed by atoms with Crippen LogP contribution in [0.1, 0.15) is 55.2 Å². The van der Waals surface area contributed by atoms with Crippen LogP contribution in [0.15, 0.2) is 48.4 Å². The number of alkyl halides is 2. The summed E-state index contributed by atoms with van der Waals surface area (Å²) in [6.45, 7) is 8.07. The third kappa shape index (κ3) is 5.45. The molecular formula is C28H31ClF2N4O4. The smallest absolute Gasteiger partial charge is 0.415 e. The number of carbonyl (C=O) groups excluding carboxylic acids is 1. The van der Waals surface area contributed by atoms with Crippen LogP contribution in [0.4, 0.5) is 19.3 Å². The second-order valence-electron chi connectivity index (χ2n) is 11.4. The van der Waals surface area contributed by atoms with E-state index in [0.717, 1.165) is 11.6 Å². The molecule has 2 atom stereocenters. The minimum Gasteiger partial charge on any atom is -0.478 e. The average molecular weight is 561 g/mol. The van der Waals surface area contributed by atoms with Gasteiger partial charge in [0.15, 0.2) is 0 Å². The van der Waals surface area contributed by atoms with Crippen molar-refractivity contribution < 1.29 is 28.2 Å². The van der Waals surface area contributed by atoms with Crippen molar-refractivity contribution >= 4 is 34.9 Å². The van der Waals surface area contributed by atoms with E-state index in [9.17, 15) is 18.4 Å². The molecule has 2 saturated heterocycles. The van der Waals surface area contributed by atoms with Gasteiger partial charge in [0, 0.05) is 55.5 Å². The number of aromatic nitrogens is 2. The van der Waals surface area contributed by atoms with E-state index in [4.69, 9.17) is 21.4 Å². The van der Waals surface area contributed by atoms with Crippen LogP contribution in [0, 0.1) is 0 Å². The van der Waals surface area contributed by atoms with Crippen molar-refractivity contribution in [1.82, 2.24) is 14.7 Å². The maximum absolute atomic E-state index is 14.9.